The molecular formula is C11H14N2O3. The largest absolute Gasteiger partial charge is 0.398 e. The van der Waals surface area contributed by atoms with E-state index in [0.717, 1.165) is 0 Å². The number of aliphatic hydroxyl groups excluding tert-OH is 1. The van der Waals surface area contributed by atoms with Gasteiger partial charge in [-0.05, 0) is 12.5 Å². The lowest BCUT2D eigenvalue weighted by atomic mass is 10.0. The molecule has 86 valence electrons. The third-order valence-corrected chi connectivity index (χ3v) is 2.23. The van der Waals surface area contributed by atoms with Gasteiger partial charge in [-0.2, -0.15) is 0 Å². The van der Waals surface area contributed by atoms with E-state index < -0.39 is 11.0 Å². The number of non-ortho nitro benzene ring substituents is 1. The summed E-state index contributed by atoms with van der Waals surface area (Å²) in [6.07, 6.45) is 1.16. The second kappa shape index (κ2) is 4.76. The number of benzene rings is 1. The summed E-state index contributed by atoms with van der Waals surface area (Å²) in [7, 11) is 0. The van der Waals surface area contributed by atoms with Gasteiger partial charge in [-0.1, -0.05) is 12.7 Å². The zero-order chi connectivity index (χ0) is 12.3. The van der Waals surface area contributed by atoms with Gasteiger partial charge in [-0.3, -0.25) is 10.1 Å². The quantitative estimate of drug-likeness (QED) is 0.461. The topological polar surface area (TPSA) is 89.4 Å². The number of rotatable bonds is 4. The molecule has 0 saturated carbocycles. The van der Waals surface area contributed by atoms with Crippen LogP contribution in [0, 0.1) is 10.1 Å². The van der Waals surface area contributed by atoms with Crippen molar-refractivity contribution in [3.8, 4) is 0 Å². The summed E-state index contributed by atoms with van der Waals surface area (Å²) in [5.74, 6) is 0. The van der Waals surface area contributed by atoms with Gasteiger partial charge in [0.15, 0.2) is 0 Å². The van der Waals surface area contributed by atoms with Crippen LogP contribution in [-0.4, -0.2) is 16.1 Å². The fourth-order valence-electron chi connectivity index (χ4n) is 1.48. The molecule has 0 aliphatic carbocycles. The van der Waals surface area contributed by atoms with Crippen LogP contribution in [0.15, 0.2) is 18.7 Å². The Hall–Kier alpha value is -1.88. The smallest absolute Gasteiger partial charge is 0.270 e. The number of nitrogen functional groups attached to an aromatic ring is 1. The van der Waals surface area contributed by atoms with Crippen LogP contribution in [0.2, 0.25) is 0 Å². The number of aliphatic hydroxyl groups is 1. The van der Waals surface area contributed by atoms with E-state index in [2.05, 4.69) is 6.58 Å². The van der Waals surface area contributed by atoms with Crippen LogP contribution in [0.3, 0.4) is 0 Å². The maximum Gasteiger partial charge on any atom is 0.270 e. The van der Waals surface area contributed by atoms with E-state index >= 15 is 0 Å². The Labute approximate surface area is 93.4 Å². The Kier molecular flexibility index (Phi) is 3.63. The average Bonchev–Trinajstić information content (AvgIpc) is 2.20. The van der Waals surface area contributed by atoms with Crippen LogP contribution in [0.4, 0.5) is 11.4 Å². The fourth-order valence-corrected chi connectivity index (χ4v) is 1.48. The summed E-state index contributed by atoms with van der Waals surface area (Å²) in [6, 6.07) is 2.75. The summed E-state index contributed by atoms with van der Waals surface area (Å²) >= 11 is 0. The average molecular weight is 222 g/mol. The molecule has 1 rings (SSSR count). The lowest BCUT2D eigenvalue weighted by molar-refractivity contribution is -0.384. The monoisotopic (exact) mass is 222 g/mol. The van der Waals surface area contributed by atoms with Crippen molar-refractivity contribution in [2.24, 2.45) is 0 Å². The van der Waals surface area contributed by atoms with Crippen molar-refractivity contribution < 1.29 is 10.0 Å². The van der Waals surface area contributed by atoms with Crippen LogP contribution < -0.4 is 5.73 Å². The molecule has 0 saturated heterocycles. The number of hydrogen-bond donors (Lipinski definition) is 2. The molecule has 0 aromatic heterocycles. The summed E-state index contributed by atoms with van der Waals surface area (Å²) in [5.41, 5.74) is 7.28. The zero-order valence-electron chi connectivity index (χ0n) is 9.01. The van der Waals surface area contributed by atoms with Crippen molar-refractivity contribution in [1.82, 2.24) is 0 Å². The second-order valence-corrected chi connectivity index (χ2v) is 3.62. The molecule has 1 aromatic rings. The van der Waals surface area contributed by atoms with Crippen molar-refractivity contribution in [2.45, 2.75) is 19.4 Å². The summed E-state index contributed by atoms with van der Waals surface area (Å²) in [4.78, 5) is 10.2. The van der Waals surface area contributed by atoms with E-state index in [9.17, 15) is 15.2 Å². The molecule has 5 heteroatoms. The first-order valence-electron chi connectivity index (χ1n) is 4.83. The first-order valence-corrected chi connectivity index (χ1v) is 4.83. The summed E-state index contributed by atoms with van der Waals surface area (Å²) < 4.78 is 0. The number of nitrogens with zero attached hydrogens (tertiary/aromatic N) is 1. The van der Waals surface area contributed by atoms with E-state index in [1.165, 1.54) is 18.2 Å². The minimum absolute atomic E-state index is 0.0419. The molecule has 16 heavy (non-hydrogen) atoms. The molecule has 0 amide bonds. The highest BCUT2D eigenvalue weighted by atomic mass is 16.6. The molecule has 1 unspecified atom stereocenters. The predicted octanol–water partition coefficient (Wildman–Crippen LogP) is 1.74. The maximum atomic E-state index is 10.7. The van der Waals surface area contributed by atoms with Gasteiger partial charge in [-0.25, -0.2) is 0 Å². The van der Waals surface area contributed by atoms with Gasteiger partial charge in [0, 0.05) is 29.8 Å². The lowest BCUT2D eigenvalue weighted by Gasteiger charge is -2.10. The molecule has 0 aliphatic rings. The Balaban J connectivity index is 3.29. The Bertz CT molecular complexity index is 427. The second-order valence-electron chi connectivity index (χ2n) is 3.62. The third kappa shape index (κ3) is 2.58. The first-order chi connectivity index (χ1) is 7.45. The van der Waals surface area contributed by atoms with Gasteiger partial charge in [0.05, 0.1) is 11.0 Å². The third-order valence-electron chi connectivity index (χ3n) is 2.23. The number of anilines is 1. The molecule has 3 N–H and O–H groups in total. The van der Waals surface area contributed by atoms with Crippen LogP contribution >= 0.6 is 0 Å². The predicted molar refractivity (Wildman–Crippen MR) is 63.0 cm³/mol. The lowest BCUT2D eigenvalue weighted by Crippen LogP contribution is -2.08. The minimum atomic E-state index is -0.595. The van der Waals surface area contributed by atoms with Crippen molar-refractivity contribution in [2.75, 3.05) is 5.73 Å². The molecule has 0 radical (unpaired) electrons. The molecule has 0 spiro atoms. The Morgan fingerprint density at radius 1 is 1.69 bits per heavy atom. The van der Waals surface area contributed by atoms with E-state index in [1.807, 2.05) is 0 Å². The fraction of sp³-hybridized carbons (Fsp3) is 0.273. The highest BCUT2D eigenvalue weighted by Gasteiger charge is 2.14. The van der Waals surface area contributed by atoms with E-state index in [1.54, 1.807) is 6.92 Å². The molecule has 0 heterocycles. The van der Waals surface area contributed by atoms with Gasteiger partial charge in [-0.15, -0.1) is 0 Å². The van der Waals surface area contributed by atoms with E-state index in [0.29, 0.717) is 16.8 Å². The Morgan fingerprint density at radius 2 is 2.31 bits per heavy atom. The highest BCUT2D eigenvalue weighted by Crippen LogP contribution is 2.26. The molecule has 0 fully saturated rings. The summed E-state index contributed by atoms with van der Waals surface area (Å²) in [6.45, 7) is 5.15. The molecule has 1 aromatic carbocycles. The number of nitro benzene ring substituents is 1. The van der Waals surface area contributed by atoms with Gasteiger partial charge in [0.2, 0.25) is 0 Å². The summed E-state index contributed by atoms with van der Waals surface area (Å²) in [5, 5.41) is 20.0. The van der Waals surface area contributed by atoms with Gasteiger partial charge >= 0.3 is 0 Å². The first kappa shape index (κ1) is 12.2. The van der Waals surface area contributed by atoms with Crippen LogP contribution in [0.1, 0.15) is 18.1 Å². The SMILES string of the molecule is C=Cc1cc([N+](=O)[O-])cc(CC(C)O)c1N. The molecular weight excluding hydrogens is 208 g/mol. The standard InChI is InChI=1S/C11H14N2O3/c1-3-8-5-10(13(15)16)6-9(11(8)12)4-7(2)14/h3,5-7,14H,1,4,12H2,2H3. The van der Waals surface area contributed by atoms with Crippen molar-refractivity contribution in [3.05, 3.63) is 40.0 Å². The normalized spacial score (nSPS) is 12.1. The van der Waals surface area contributed by atoms with Crippen molar-refractivity contribution >= 4 is 17.5 Å². The van der Waals surface area contributed by atoms with Crippen LogP contribution in [0.5, 0.6) is 0 Å². The van der Waals surface area contributed by atoms with Crippen molar-refractivity contribution in [3.63, 3.8) is 0 Å². The van der Waals surface area contributed by atoms with Crippen molar-refractivity contribution in [1.29, 1.82) is 0 Å². The van der Waals surface area contributed by atoms with E-state index in [4.69, 9.17) is 5.73 Å². The molecule has 5 nitrogen and oxygen atoms in total. The number of nitro groups is 1. The number of nitrogens with two attached hydrogens (primary N) is 1. The maximum absolute atomic E-state index is 10.7. The van der Waals surface area contributed by atoms with Crippen LogP contribution in [0.25, 0.3) is 6.08 Å². The molecule has 0 bridgehead atoms. The highest BCUT2D eigenvalue weighted by molar-refractivity contribution is 5.70. The molecule has 0 aliphatic heterocycles. The van der Waals surface area contributed by atoms with Gasteiger partial charge in [0.25, 0.3) is 5.69 Å². The van der Waals surface area contributed by atoms with Crippen LogP contribution in [-0.2, 0) is 6.42 Å². The Morgan fingerprint density at radius 3 is 2.75 bits per heavy atom. The number of hydrogen-bond acceptors (Lipinski definition) is 4. The van der Waals surface area contributed by atoms with Gasteiger partial charge < -0.3 is 10.8 Å². The molecule has 1 atom stereocenters. The zero-order valence-corrected chi connectivity index (χ0v) is 9.01. The minimum Gasteiger partial charge on any atom is -0.398 e. The van der Waals surface area contributed by atoms with Gasteiger partial charge in [0.1, 0.15) is 0 Å². The van der Waals surface area contributed by atoms with E-state index in [-0.39, 0.29) is 12.1 Å².